The van der Waals surface area contributed by atoms with Crippen LogP contribution in [0.4, 0.5) is 5.82 Å². The van der Waals surface area contributed by atoms with Crippen molar-refractivity contribution in [2.24, 2.45) is 4.99 Å². The van der Waals surface area contributed by atoms with Gasteiger partial charge in [-0.2, -0.15) is 0 Å². The van der Waals surface area contributed by atoms with Crippen LogP contribution in [-0.2, 0) is 0 Å². The van der Waals surface area contributed by atoms with E-state index >= 15 is 0 Å². The van der Waals surface area contributed by atoms with E-state index in [0.29, 0.717) is 11.5 Å². The third kappa shape index (κ3) is 3.98. The average molecular weight is 379 g/mol. The molecule has 0 atom stereocenters. The number of pyridine rings is 2. The maximum atomic E-state index is 4.46. The number of hydrogen-bond donors (Lipinski definition) is 0. The molecule has 0 radical (unpaired) electrons. The van der Waals surface area contributed by atoms with Crippen molar-refractivity contribution >= 4 is 39.0 Å². The van der Waals surface area contributed by atoms with Gasteiger partial charge < -0.3 is 4.90 Å². The van der Waals surface area contributed by atoms with Crippen molar-refractivity contribution in [2.75, 3.05) is 14.1 Å². The highest BCUT2D eigenvalue weighted by molar-refractivity contribution is 9.10. The molecule has 5 heteroatoms. The number of aromatic nitrogens is 2. The van der Waals surface area contributed by atoms with Crippen molar-refractivity contribution < 1.29 is 0 Å². The van der Waals surface area contributed by atoms with Crippen molar-refractivity contribution in [3.05, 3.63) is 64.4 Å². The summed E-state index contributed by atoms with van der Waals surface area (Å²) in [7, 11) is 3.83. The van der Waals surface area contributed by atoms with Gasteiger partial charge in [0.2, 0.25) is 0 Å². The fourth-order valence-corrected chi connectivity index (χ4v) is 2.37. The van der Waals surface area contributed by atoms with E-state index in [1.165, 1.54) is 0 Å². The Balaban J connectivity index is 1.92. The Labute approximate surface area is 149 Å². The number of hydrogen-bond acceptors (Lipinski definition) is 3. The predicted molar refractivity (Wildman–Crippen MR) is 101 cm³/mol. The van der Waals surface area contributed by atoms with E-state index in [2.05, 4.69) is 42.7 Å². The van der Waals surface area contributed by atoms with Crippen molar-refractivity contribution in [1.29, 1.82) is 0 Å². The monoisotopic (exact) mass is 378 g/mol. The lowest BCUT2D eigenvalue weighted by atomic mass is 10.1. The summed E-state index contributed by atoms with van der Waals surface area (Å²) in [5.74, 6) is 6.88. The molecule has 4 nitrogen and oxygen atoms in total. The van der Waals surface area contributed by atoms with Crippen molar-refractivity contribution in [1.82, 2.24) is 14.9 Å². The highest BCUT2D eigenvalue weighted by Crippen LogP contribution is 2.18. The second kappa shape index (κ2) is 7.24. The average Bonchev–Trinajstić information content (AvgIpc) is 2.59. The first kappa shape index (κ1) is 16.2. The summed E-state index contributed by atoms with van der Waals surface area (Å²) in [6, 6.07) is 13.7. The quantitative estimate of drug-likeness (QED) is 0.384. The lowest BCUT2D eigenvalue weighted by Crippen LogP contribution is -2.07. The van der Waals surface area contributed by atoms with Crippen LogP contribution in [0.1, 0.15) is 11.3 Å². The van der Waals surface area contributed by atoms with Gasteiger partial charge in [-0.15, -0.1) is 0 Å². The maximum Gasteiger partial charge on any atom is 0.155 e. The Hall–Kier alpha value is -2.71. The summed E-state index contributed by atoms with van der Waals surface area (Å²) < 4.78 is 0.848. The van der Waals surface area contributed by atoms with E-state index in [-0.39, 0.29) is 0 Å². The smallest absolute Gasteiger partial charge is 0.155 e. The largest absolute Gasteiger partial charge is 0.369 e. The minimum Gasteiger partial charge on any atom is -0.369 e. The molecule has 118 valence electrons. The van der Waals surface area contributed by atoms with Crippen molar-refractivity contribution in [3.8, 4) is 11.8 Å². The molecule has 3 rings (SSSR count). The number of nitrogens with zero attached hydrogens (tertiary/aromatic N) is 4. The minimum atomic E-state index is 0.624. The highest BCUT2D eigenvalue weighted by atomic mass is 79.9. The van der Waals surface area contributed by atoms with Gasteiger partial charge in [-0.05, 0) is 58.2 Å². The van der Waals surface area contributed by atoms with Crippen LogP contribution >= 0.6 is 15.9 Å². The lowest BCUT2D eigenvalue weighted by molar-refractivity contribution is 0.643. The third-order valence-electron chi connectivity index (χ3n) is 3.18. The number of rotatable bonds is 2. The molecule has 0 aliphatic carbocycles. The van der Waals surface area contributed by atoms with Crippen molar-refractivity contribution in [2.45, 2.75) is 0 Å². The molecular weight excluding hydrogens is 364 g/mol. The zero-order chi connectivity index (χ0) is 16.9. The molecule has 0 aliphatic heterocycles. The zero-order valence-corrected chi connectivity index (χ0v) is 14.9. The molecule has 0 aliphatic rings. The molecule has 0 saturated carbocycles. The second-order valence-electron chi connectivity index (χ2n) is 5.37. The summed E-state index contributed by atoms with van der Waals surface area (Å²) in [5.41, 5.74) is 2.54. The van der Waals surface area contributed by atoms with Gasteiger partial charge in [0, 0.05) is 31.2 Å². The molecule has 24 heavy (non-hydrogen) atoms. The van der Waals surface area contributed by atoms with E-state index in [1.807, 2.05) is 61.5 Å². The van der Waals surface area contributed by atoms with Crippen LogP contribution in [0, 0.1) is 11.8 Å². The Morgan fingerprint density at radius 1 is 1.12 bits per heavy atom. The van der Waals surface area contributed by atoms with Gasteiger partial charge in [-0.1, -0.05) is 12.0 Å². The first-order chi connectivity index (χ1) is 11.6. The minimum absolute atomic E-state index is 0.624. The Morgan fingerprint density at radius 3 is 2.83 bits per heavy atom. The summed E-state index contributed by atoms with van der Waals surface area (Å²) in [5, 5.41) is 1.07. The van der Waals surface area contributed by atoms with Crippen molar-refractivity contribution in [3.63, 3.8) is 0 Å². The van der Waals surface area contributed by atoms with E-state index in [0.717, 1.165) is 20.9 Å². The molecule has 1 aromatic carbocycles. The fourth-order valence-electron chi connectivity index (χ4n) is 2.05. The van der Waals surface area contributed by atoms with Crippen LogP contribution in [0.2, 0.25) is 0 Å². The van der Waals surface area contributed by atoms with E-state index in [1.54, 1.807) is 12.5 Å². The van der Waals surface area contributed by atoms with E-state index in [4.69, 9.17) is 0 Å². The molecule has 0 N–H and O–H groups in total. The van der Waals surface area contributed by atoms with Gasteiger partial charge in [0.25, 0.3) is 0 Å². The lowest BCUT2D eigenvalue weighted by Gasteiger charge is -2.02. The molecule has 2 heterocycles. The van der Waals surface area contributed by atoms with Crippen LogP contribution in [-0.4, -0.2) is 35.3 Å². The number of benzene rings is 1. The van der Waals surface area contributed by atoms with Crippen LogP contribution in [0.3, 0.4) is 0 Å². The van der Waals surface area contributed by atoms with Gasteiger partial charge in [-0.3, -0.25) is 4.98 Å². The Morgan fingerprint density at radius 2 is 2.00 bits per heavy atom. The van der Waals surface area contributed by atoms with Crippen LogP contribution in [0.25, 0.3) is 10.9 Å². The molecule has 2 aromatic heterocycles. The second-order valence-corrected chi connectivity index (χ2v) is 6.22. The first-order valence-electron chi connectivity index (χ1n) is 7.36. The summed E-state index contributed by atoms with van der Waals surface area (Å²) in [4.78, 5) is 14.9. The molecular formula is C19H15BrN4. The van der Waals surface area contributed by atoms with E-state index < -0.39 is 0 Å². The van der Waals surface area contributed by atoms with E-state index in [9.17, 15) is 0 Å². The number of halogens is 1. The normalized spacial score (nSPS) is 10.6. The number of fused-ring (bicyclic) bond motifs is 1. The highest BCUT2D eigenvalue weighted by Gasteiger charge is 2.00. The molecule has 0 saturated heterocycles. The predicted octanol–water partition coefficient (Wildman–Crippen LogP) is 4.01. The molecule has 3 aromatic rings. The molecule has 0 unspecified atom stereocenters. The molecule has 0 spiro atoms. The Kier molecular flexibility index (Phi) is 4.88. The van der Waals surface area contributed by atoms with Crippen LogP contribution in [0.15, 0.2) is 58.1 Å². The van der Waals surface area contributed by atoms with Gasteiger partial charge in [0.15, 0.2) is 5.82 Å². The fraction of sp³-hybridized carbons (Fsp3) is 0.105. The zero-order valence-electron chi connectivity index (χ0n) is 13.4. The summed E-state index contributed by atoms with van der Waals surface area (Å²) >= 11 is 3.49. The summed E-state index contributed by atoms with van der Waals surface area (Å²) in [6.45, 7) is 0. The molecule has 0 bridgehead atoms. The van der Waals surface area contributed by atoms with Gasteiger partial charge in [0.1, 0.15) is 5.69 Å². The Bertz CT molecular complexity index is 968. The van der Waals surface area contributed by atoms with Crippen LogP contribution < -0.4 is 0 Å². The molecule has 0 fully saturated rings. The summed E-state index contributed by atoms with van der Waals surface area (Å²) in [6.07, 6.45) is 3.50. The number of aliphatic imine (C=N–C) groups is 1. The SMILES string of the molecule is CN(C)/C=N\c1ccc(Br)c(C#Cc2ccc3ncccc3c2)n1. The van der Waals surface area contributed by atoms with Gasteiger partial charge >= 0.3 is 0 Å². The van der Waals surface area contributed by atoms with Gasteiger partial charge in [-0.25, -0.2) is 9.98 Å². The van der Waals surface area contributed by atoms with Gasteiger partial charge in [0.05, 0.1) is 16.3 Å². The maximum absolute atomic E-state index is 4.46. The first-order valence-corrected chi connectivity index (χ1v) is 8.15. The standard InChI is InChI=1S/C19H15BrN4/c1-24(2)13-22-19-10-7-16(20)18(23-19)9-6-14-5-8-17-15(12-14)4-3-11-21-17/h3-5,7-8,10-13H,1-2H3/b22-13-. The van der Waals surface area contributed by atoms with Crippen LogP contribution in [0.5, 0.6) is 0 Å². The topological polar surface area (TPSA) is 41.4 Å². The molecule has 0 amide bonds. The third-order valence-corrected chi connectivity index (χ3v) is 3.82.